The third-order valence-electron chi connectivity index (χ3n) is 4.11. The van der Waals surface area contributed by atoms with E-state index in [9.17, 15) is 0 Å². The summed E-state index contributed by atoms with van der Waals surface area (Å²) in [5, 5.41) is 0.715. The molecule has 0 amide bonds. The van der Waals surface area contributed by atoms with E-state index in [0.29, 0.717) is 5.02 Å². The van der Waals surface area contributed by atoms with Crippen molar-refractivity contribution in [2.45, 2.75) is 38.6 Å². The molecule has 1 atom stereocenters. The topological polar surface area (TPSA) is 47.3 Å². The molecule has 3 N–H and O–H groups in total. The molecule has 1 aromatic carbocycles. The molecule has 1 saturated carbocycles. The molecule has 0 aromatic heterocycles. The molecule has 2 rings (SSSR count). The van der Waals surface area contributed by atoms with E-state index in [1.54, 1.807) is 7.11 Å². The van der Waals surface area contributed by atoms with E-state index in [2.05, 4.69) is 12.3 Å². The molecule has 0 aliphatic heterocycles. The van der Waals surface area contributed by atoms with Gasteiger partial charge in [-0.2, -0.15) is 0 Å². The Hall–Kier alpha value is -0.770. The van der Waals surface area contributed by atoms with E-state index in [1.807, 2.05) is 18.2 Å². The maximum atomic E-state index is 6.10. The Morgan fingerprint density at radius 3 is 2.61 bits per heavy atom. The molecule has 3 nitrogen and oxygen atoms in total. The second-order valence-electron chi connectivity index (χ2n) is 5.35. The summed E-state index contributed by atoms with van der Waals surface area (Å²) in [7, 11) is 1.68. The summed E-state index contributed by atoms with van der Waals surface area (Å²) < 4.78 is 5.43. The van der Waals surface area contributed by atoms with E-state index in [0.717, 1.165) is 11.3 Å². The highest BCUT2D eigenvalue weighted by molar-refractivity contribution is 6.30. The molecule has 0 heterocycles. The van der Waals surface area contributed by atoms with Crippen LogP contribution in [0.4, 0.5) is 0 Å². The van der Waals surface area contributed by atoms with Gasteiger partial charge in [0.25, 0.3) is 0 Å². The molecule has 0 radical (unpaired) electrons. The first-order valence-electron chi connectivity index (χ1n) is 6.40. The Bertz CT molecular complexity index is 416. The van der Waals surface area contributed by atoms with Crippen molar-refractivity contribution in [3.63, 3.8) is 0 Å². The van der Waals surface area contributed by atoms with Gasteiger partial charge in [0.1, 0.15) is 5.75 Å². The summed E-state index contributed by atoms with van der Waals surface area (Å²) >= 11 is 6.10. The third-order valence-corrected chi connectivity index (χ3v) is 4.35. The number of halogens is 1. The molecule has 0 saturated heterocycles. The van der Waals surface area contributed by atoms with Crippen LogP contribution in [0.1, 0.15) is 44.2 Å². The van der Waals surface area contributed by atoms with Crippen LogP contribution in [0, 0.1) is 5.41 Å². The van der Waals surface area contributed by atoms with Gasteiger partial charge in [-0.15, -0.1) is 0 Å². The van der Waals surface area contributed by atoms with Crippen LogP contribution < -0.4 is 16.0 Å². The van der Waals surface area contributed by atoms with Gasteiger partial charge in [0, 0.05) is 10.6 Å². The van der Waals surface area contributed by atoms with Gasteiger partial charge < -0.3 is 4.74 Å². The lowest BCUT2D eigenvalue weighted by Gasteiger charge is -2.34. The first kappa shape index (κ1) is 13.7. The predicted octanol–water partition coefficient (Wildman–Crippen LogP) is 3.43. The van der Waals surface area contributed by atoms with Crippen LogP contribution in [-0.2, 0) is 0 Å². The molecule has 100 valence electrons. The number of hydrazine groups is 1. The lowest BCUT2D eigenvalue weighted by atomic mass is 9.77. The molecule has 1 aliphatic rings. The fourth-order valence-electron chi connectivity index (χ4n) is 3.07. The highest BCUT2D eigenvalue weighted by atomic mass is 35.5. The van der Waals surface area contributed by atoms with Gasteiger partial charge in [-0.05, 0) is 36.5 Å². The van der Waals surface area contributed by atoms with E-state index in [-0.39, 0.29) is 11.5 Å². The van der Waals surface area contributed by atoms with E-state index < -0.39 is 0 Å². The molecular weight excluding hydrogens is 248 g/mol. The average Bonchev–Trinajstić information content (AvgIpc) is 2.78. The van der Waals surface area contributed by atoms with E-state index >= 15 is 0 Å². The lowest BCUT2D eigenvalue weighted by Crippen LogP contribution is -2.38. The van der Waals surface area contributed by atoms with Gasteiger partial charge in [-0.1, -0.05) is 31.4 Å². The van der Waals surface area contributed by atoms with Gasteiger partial charge in [0.2, 0.25) is 0 Å². The Morgan fingerprint density at radius 2 is 2.06 bits per heavy atom. The second-order valence-corrected chi connectivity index (χ2v) is 5.78. The minimum Gasteiger partial charge on any atom is -0.496 e. The zero-order valence-corrected chi connectivity index (χ0v) is 11.8. The average molecular weight is 269 g/mol. The molecule has 1 unspecified atom stereocenters. The second kappa shape index (κ2) is 5.47. The molecule has 18 heavy (non-hydrogen) atoms. The summed E-state index contributed by atoms with van der Waals surface area (Å²) in [6, 6.07) is 5.78. The minimum atomic E-state index is 0.0775. The number of hydrogen-bond acceptors (Lipinski definition) is 3. The lowest BCUT2D eigenvalue weighted by molar-refractivity contribution is 0.220. The standard InChI is InChI=1S/C14H21ClN2O/c1-14(7-3-4-8-14)13(17-16)11-9-10(15)5-6-12(11)18-2/h5-6,9,13,17H,3-4,7-8,16H2,1-2H3. The Labute approximate surface area is 114 Å². The zero-order valence-electron chi connectivity index (χ0n) is 11.0. The summed E-state index contributed by atoms with van der Waals surface area (Å²) in [6.45, 7) is 2.28. The fraction of sp³-hybridized carbons (Fsp3) is 0.571. The molecule has 0 spiro atoms. The smallest absolute Gasteiger partial charge is 0.123 e. The quantitative estimate of drug-likeness (QED) is 0.650. The summed E-state index contributed by atoms with van der Waals surface area (Å²) in [6.07, 6.45) is 4.88. The van der Waals surface area contributed by atoms with Crippen molar-refractivity contribution in [3.8, 4) is 5.75 Å². The fourth-order valence-corrected chi connectivity index (χ4v) is 3.25. The number of ether oxygens (including phenoxy) is 1. The molecule has 1 fully saturated rings. The maximum absolute atomic E-state index is 6.10. The molecular formula is C14H21ClN2O. The van der Waals surface area contributed by atoms with Gasteiger partial charge >= 0.3 is 0 Å². The van der Waals surface area contributed by atoms with Gasteiger partial charge in [0.15, 0.2) is 0 Å². The normalized spacial score (nSPS) is 19.8. The highest BCUT2D eigenvalue weighted by Crippen LogP contribution is 2.48. The Kier molecular flexibility index (Phi) is 4.15. The summed E-state index contributed by atoms with van der Waals surface area (Å²) in [4.78, 5) is 0. The van der Waals surface area contributed by atoms with Crippen LogP contribution >= 0.6 is 11.6 Å². The monoisotopic (exact) mass is 268 g/mol. The van der Waals surface area contributed by atoms with Gasteiger partial charge in [0.05, 0.1) is 13.2 Å². The number of nitrogens with one attached hydrogen (secondary N) is 1. The number of benzene rings is 1. The largest absolute Gasteiger partial charge is 0.496 e. The van der Waals surface area contributed by atoms with Crippen molar-refractivity contribution in [2.24, 2.45) is 11.3 Å². The number of rotatable bonds is 4. The van der Waals surface area contributed by atoms with Crippen molar-refractivity contribution < 1.29 is 4.74 Å². The van der Waals surface area contributed by atoms with Crippen LogP contribution in [0.2, 0.25) is 5.02 Å². The van der Waals surface area contributed by atoms with Crippen LogP contribution in [0.15, 0.2) is 18.2 Å². The molecule has 1 aliphatic carbocycles. The van der Waals surface area contributed by atoms with Crippen molar-refractivity contribution in [1.29, 1.82) is 0 Å². The Morgan fingerprint density at radius 1 is 1.39 bits per heavy atom. The number of nitrogens with two attached hydrogens (primary N) is 1. The number of hydrogen-bond donors (Lipinski definition) is 2. The van der Waals surface area contributed by atoms with Crippen LogP contribution in [0.25, 0.3) is 0 Å². The van der Waals surface area contributed by atoms with Crippen LogP contribution in [0.5, 0.6) is 5.75 Å². The van der Waals surface area contributed by atoms with Gasteiger partial charge in [-0.3, -0.25) is 11.3 Å². The van der Waals surface area contributed by atoms with Crippen molar-refractivity contribution in [3.05, 3.63) is 28.8 Å². The first-order valence-corrected chi connectivity index (χ1v) is 6.78. The molecule has 0 bridgehead atoms. The SMILES string of the molecule is COc1ccc(Cl)cc1C(NN)C1(C)CCCC1. The van der Waals surface area contributed by atoms with Crippen LogP contribution in [0.3, 0.4) is 0 Å². The highest BCUT2D eigenvalue weighted by Gasteiger charge is 2.38. The zero-order chi connectivity index (χ0) is 13.2. The predicted molar refractivity (Wildman–Crippen MR) is 74.6 cm³/mol. The first-order chi connectivity index (χ1) is 8.60. The van der Waals surface area contributed by atoms with Crippen molar-refractivity contribution in [2.75, 3.05) is 7.11 Å². The van der Waals surface area contributed by atoms with Crippen molar-refractivity contribution >= 4 is 11.6 Å². The van der Waals surface area contributed by atoms with E-state index in [1.165, 1.54) is 25.7 Å². The summed E-state index contributed by atoms with van der Waals surface area (Å²) in [5.41, 5.74) is 4.19. The van der Waals surface area contributed by atoms with Crippen molar-refractivity contribution in [1.82, 2.24) is 5.43 Å². The molecule has 1 aromatic rings. The maximum Gasteiger partial charge on any atom is 0.123 e. The molecule has 4 heteroatoms. The Balaban J connectivity index is 2.40. The van der Waals surface area contributed by atoms with E-state index in [4.69, 9.17) is 22.2 Å². The van der Waals surface area contributed by atoms with Gasteiger partial charge in [-0.25, -0.2) is 0 Å². The number of methoxy groups -OCH3 is 1. The third kappa shape index (κ3) is 2.48. The van der Waals surface area contributed by atoms with Crippen LogP contribution in [-0.4, -0.2) is 7.11 Å². The minimum absolute atomic E-state index is 0.0775. The summed E-state index contributed by atoms with van der Waals surface area (Å²) in [5.74, 6) is 6.64.